The summed E-state index contributed by atoms with van der Waals surface area (Å²) in [7, 11) is 0. The van der Waals surface area contributed by atoms with Crippen LogP contribution in [0.15, 0.2) is 61.3 Å². The third kappa shape index (κ3) is 2.69. The molecule has 30 heavy (non-hydrogen) atoms. The highest BCUT2D eigenvalue weighted by atomic mass is 16.2. The lowest BCUT2D eigenvalue weighted by Crippen LogP contribution is -2.60. The van der Waals surface area contributed by atoms with Crippen LogP contribution in [0, 0.1) is 0 Å². The van der Waals surface area contributed by atoms with E-state index in [9.17, 15) is 4.79 Å². The van der Waals surface area contributed by atoms with Gasteiger partial charge in [0.05, 0.1) is 17.6 Å². The maximum absolute atomic E-state index is 12.6. The van der Waals surface area contributed by atoms with Crippen LogP contribution in [0.3, 0.4) is 0 Å². The number of aryl methyl sites for hydroxylation is 1. The van der Waals surface area contributed by atoms with Crippen LogP contribution in [0.4, 0.5) is 0 Å². The summed E-state index contributed by atoms with van der Waals surface area (Å²) in [5, 5.41) is 5.95. The van der Waals surface area contributed by atoms with Crippen LogP contribution in [0.25, 0.3) is 22.2 Å². The molecule has 1 amide bonds. The second kappa shape index (κ2) is 6.45. The van der Waals surface area contributed by atoms with Crippen molar-refractivity contribution < 1.29 is 4.79 Å². The number of carbonyl (C=O) groups is 1. The number of pyridine rings is 1. The minimum absolute atomic E-state index is 0.0262. The van der Waals surface area contributed by atoms with E-state index in [-0.39, 0.29) is 11.3 Å². The first kappa shape index (κ1) is 17.3. The molecule has 3 aromatic heterocycles. The van der Waals surface area contributed by atoms with Crippen LogP contribution in [0.1, 0.15) is 17.7 Å². The highest BCUT2D eigenvalue weighted by Gasteiger charge is 2.51. The molecule has 0 bridgehead atoms. The Morgan fingerprint density at radius 3 is 2.77 bits per heavy atom. The summed E-state index contributed by atoms with van der Waals surface area (Å²) in [4.78, 5) is 27.1. The minimum Gasteiger partial charge on any atom is -0.340 e. The van der Waals surface area contributed by atoms with E-state index in [0.29, 0.717) is 6.42 Å². The molecule has 1 saturated heterocycles. The number of aromatic nitrogens is 5. The number of benzene rings is 1. The van der Waals surface area contributed by atoms with Crippen LogP contribution in [-0.4, -0.2) is 48.6 Å². The Hall–Kier alpha value is -3.61. The second-order valence-electron chi connectivity index (χ2n) is 8.26. The molecule has 1 fully saturated rings. The first-order valence-electron chi connectivity index (χ1n) is 10.2. The van der Waals surface area contributed by atoms with Gasteiger partial charge in [0, 0.05) is 60.3 Å². The zero-order valence-electron chi connectivity index (χ0n) is 16.4. The summed E-state index contributed by atoms with van der Waals surface area (Å²) < 4.78 is 2.11. The summed E-state index contributed by atoms with van der Waals surface area (Å²) >= 11 is 0. The molecule has 0 unspecified atom stereocenters. The Morgan fingerprint density at radius 2 is 1.90 bits per heavy atom. The molecule has 2 aliphatic heterocycles. The van der Waals surface area contributed by atoms with Crippen LogP contribution in [0.2, 0.25) is 0 Å². The van der Waals surface area contributed by atoms with Gasteiger partial charge in [-0.25, -0.2) is 9.97 Å². The molecule has 4 aromatic rings. The molecule has 0 saturated carbocycles. The SMILES string of the molecule is O=C(Cc1cncnc1)N1CC2(CCn3nc(-c4cnc5ccccc5c4)cc32)C1. The molecular formula is C23H20N6O. The Kier molecular flexibility index (Phi) is 3.71. The number of rotatable bonds is 3. The number of likely N-dealkylation sites (tertiary alicyclic amines) is 1. The maximum atomic E-state index is 12.6. The molecule has 148 valence electrons. The molecule has 1 spiro atoms. The van der Waals surface area contributed by atoms with Crippen molar-refractivity contribution in [1.82, 2.24) is 29.6 Å². The molecule has 0 atom stereocenters. The van der Waals surface area contributed by atoms with Gasteiger partial charge in [-0.3, -0.25) is 14.5 Å². The zero-order valence-corrected chi connectivity index (χ0v) is 16.4. The average molecular weight is 396 g/mol. The van der Waals surface area contributed by atoms with E-state index < -0.39 is 0 Å². The monoisotopic (exact) mass is 396 g/mol. The van der Waals surface area contributed by atoms with E-state index in [2.05, 4.69) is 37.8 Å². The van der Waals surface area contributed by atoms with Gasteiger partial charge in [-0.1, -0.05) is 18.2 Å². The van der Waals surface area contributed by atoms with E-state index in [1.54, 1.807) is 12.4 Å². The van der Waals surface area contributed by atoms with Crippen molar-refractivity contribution in [3.63, 3.8) is 0 Å². The van der Waals surface area contributed by atoms with Gasteiger partial charge in [-0.15, -0.1) is 0 Å². The first-order chi connectivity index (χ1) is 14.7. The minimum atomic E-state index is 0.0262. The van der Waals surface area contributed by atoms with Gasteiger partial charge in [-0.2, -0.15) is 5.10 Å². The Balaban J connectivity index is 1.22. The number of hydrogen-bond donors (Lipinski definition) is 0. The fraction of sp³-hybridized carbons (Fsp3) is 0.261. The second-order valence-corrected chi connectivity index (χ2v) is 8.26. The summed E-state index contributed by atoms with van der Waals surface area (Å²) in [6.07, 6.45) is 8.17. The molecule has 1 aromatic carbocycles. The van der Waals surface area contributed by atoms with E-state index in [1.807, 2.05) is 29.3 Å². The zero-order chi connectivity index (χ0) is 20.1. The van der Waals surface area contributed by atoms with Gasteiger partial charge >= 0.3 is 0 Å². The molecule has 0 aliphatic carbocycles. The Labute approximate surface area is 173 Å². The standard InChI is InChI=1S/C23H20N6O/c30-22(7-16-10-24-15-25-11-16)28-13-23(14-28)5-6-29-21(23)9-20(27-29)18-8-17-3-1-2-4-19(17)26-12-18/h1-4,8-12,15H,5-7,13-14H2. The van der Waals surface area contributed by atoms with Crippen molar-refractivity contribution in [1.29, 1.82) is 0 Å². The fourth-order valence-corrected chi connectivity index (χ4v) is 4.70. The number of fused-ring (bicyclic) bond motifs is 3. The highest BCUT2D eigenvalue weighted by Crippen LogP contribution is 2.44. The lowest BCUT2D eigenvalue weighted by atomic mass is 9.75. The summed E-state index contributed by atoms with van der Waals surface area (Å²) in [5.41, 5.74) is 5.08. The molecule has 5 heterocycles. The topological polar surface area (TPSA) is 76.8 Å². The number of para-hydroxylation sites is 1. The van der Waals surface area contributed by atoms with Gasteiger partial charge in [0.25, 0.3) is 0 Å². The summed E-state index contributed by atoms with van der Waals surface area (Å²) in [6.45, 7) is 2.39. The normalized spacial score (nSPS) is 16.6. The van der Waals surface area contributed by atoms with Gasteiger partial charge < -0.3 is 4.90 Å². The summed E-state index contributed by atoms with van der Waals surface area (Å²) in [6, 6.07) is 12.4. The van der Waals surface area contributed by atoms with Crippen LogP contribution in [0.5, 0.6) is 0 Å². The molecule has 7 nitrogen and oxygen atoms in total. The molecule has 6 rings (SSSR count). The highest BCUT2D eigenvalue weighted by molar-refractivity contribution is 5.83. The lowest BCUT2D eigenvalue weighted by Gasteiger charge is -2.47. The fourth-order valence-electron chi connectivity index (χ4n) is 4.70. The number of nitrogens with zero attached hydrogens (tertiary/aromatic N) is 6. The van der Waals surface area contributed by atoms with Gasteiger partial charge in [0.15, 0.2) is 0 Å². The maximum Gasteiger partial charge on any atom is 0.227 e. The molecule has 2 aliphatic rings. The number of amides is 1. The Morgan fingerprint density at radius 1 is 1.07 bits per heavy atom. The van der Waals surface area contributed by atoms with Crippen molar-refractivity contribution in [3.8, 4) is 11.3 Å². The van der Waals surface area contributed by atoms with E-state index in [1.165, 1.54) is 12.0 Å². The van der Waals surface area contributed by atoms with Crippen LogP contribution in [-0.2, 0) is 23.2 Å². The molecule has 0 N–H and O–H groups in total. The van der Waals surface area contributed by atoms with Crippen molar-refractivity contribution in [2.75, 3.05) is 13.1 Å². The lowest BCUT2D eigenvalue weighted by molar-refractivity contribution is -0.138. The predicted molar refractivity (Wildman–Crippen MR) is 112 cm³/mol. The smallest absolute Gasteiger partial charge is 0.227 e. The van der Waals surface area contributed by atoms with Crippen LogP contribution >= 0.6 is 0 Å². The quantitative estimate of drug-likeness (QED) is 0.532. The molecule has 0 radical (unpaired) electrons. The van der Waals surface area contributed by atoms with Gasteiger partial charge in [0.1, 0.15) is 6.33 Å². The van der Waals surface area contributed by atoms with E-state index in [0.717, 1.165) is 53.8 Å². The van der Waals surface area contributed by atoms with E-state index in [4.69, 9.17) is 5.10 Å². The summed E-state index contributed by atoms with van der Waals surface area (Å²) in [5.74, 6) is 0.132. The number of hydrogen-bond acceptors (Lipinski definition) is 5. The molecular weight excluding hydrogens is 376 g/mol. The van der Waals surface area contributed by atoms with Crippen molar-refractivity contribution in [2.24, 2.45) is 0 Å². The van der Waals surface area contributed by atoms with Crippen molar-refractivity contribution in [3.05, 3.63) is 72.6 Å². The third-order valence-electron chi connectivity index (χ3n) is 6.32. The van der Waals surface area contributed by atoms with E-state index >= 15 is 0 Å². The largest absolute Gasteiger partial charge is 0.340 e. The van der Waals surface area contributed by atoms with Crippen LogP contribution < -0.4 is 0 Å². The van der Waals surface area contributed by atoms with Gasteiger partial charge in [0.2, 0.25) is 5.91 Å². The predicted octanol–water partition coefficient (Wildman–Crippen LogP) is 2.61. The Bertz CT molecular complexity index is 1260. The third-order valence-corrected chi connectivity index (χ3v) is 6.32. The van der Waals surface area contributed by atoms with Crippen molar-refractivity contribution in [2.45, 2.75) is 24.8 Å². The average Bonchev–Trinajstić information content (AvgIpc) is 3.32. The molecule has 7 heteroatoms. The van der Waals surface area contributed by atoms with Crippen molar-refractivity contribution >= 4 is 16.8 Å². The number of carbonyl (C=O) groups excluding carboxylic acids is 1. The first-order valence-corrected chi connectivity index (χ1v) is 10.2. The van der Waals surface area contributed by atoms with Gasteiger partial charge in [-0.05, 0) is 30.2 Å².